The van der Waals surface area contributed by atoms with Crippen LogP contribution in [0, 0.1) is 19.7 Å². The lowest BCUT2D eigenvalue weighted by Gasteiger charge is -2.24. The number of halogens is 1. The Morgan fingerprint density at radius 3 is 2.33 bits per heavy atom. The average molecular weight is 330 g/mol. The summed E-state index contributed by atoms with van der Waals surface area (Å²) in [5.41, 5.74) is 6.33. The standard InChI is InChI=1S/C14H19FN2O2S2/c1-9-7-11(15)8-10(2)14(9)21(18,19)17(12-3-4-12)6-5-13(16)20/h7-8,12H,3-6H2,1-2H3,(H2,16,20). The summed E-state index contributed by atoms with van der Waals surface area (Å²) in [5, 5.41) is 0. The van der Waals surface area contributed by atoms with Crippen molar-refractivity contribution in [3.63, 3.8) is 0 Å². The van der Waals surface area contributed by atoms with Crippen molar-refractivity contribution in [2.45, 2.75) is 44.0 Å². The molecule has 0 radical (unpaired) electrons. The second kappa shape index (κ2) is 5.98. The third kappa shape index (κ3) is 3.59. The predicted octanol–water partition coefficient (Wildman–Crippen LogP) is 2.27. The van der Waals surface area contributed by atoms with E-state index < -0.39 is 15.8 Å². The molecule has 1 aliphatic carbocycles. The normalized spacial score (nSPS) is 15.4. The van der Waals surface area contributed by atoms with E-state index in [0.29, 0.717) is 22.5 Å². The number of benzene rings is 1. The maximum Gasteiger partial charge on any atom is 0.243 e. The van der Waals surface area contributed by atoms with E-state index in [1.54, 1.807) is 13.8 Å². The summed E-state index contributed by atoms with van der Waals surface area (Å²) in [5.74, 6) is -0.426. The molecule has 0 aliphatic heterocycles. The molecule has 1 fully saturated rings. The number of hydrogen-bond acceptors (Lipinski definition) is 3. The highest BCUT2D eigenvalue weighted by Crippen LogP contribution is 2.34. The second-order valence-electron chi connectivity index (χ2n) is 5.43. The van der Waals surface area contributed by atoms with Gasteiger partial charge in [0, 0.05) is 19.0 Å². The SMILES string of the molecule is Cc1cc(F)cc(C)c1S(=O)(=O)N(CCC(N)=S)C1CC1. The number of nitrogens with two attached hydrogens (primary N) is 1. The van der Waals surface area contributed by atoms with Crippen LogP contribution in [0.5, 0.6) is 0 Å². The van der Waals surface area contributed by atoms with Crippen LogP contribution in [0.4, 0.5) is 4.39 Å². The molecule has 1 saturated carbocycles. The molecule has 0 aromatic heterocycles. The van der Waals surface area contributed by atoms with E-state index in [-0.39, 0.29) is 17.5 Å². The molecular formula is C14H19FN2O2S2. The molecule has 0 atom stereocenters. The van der Waals surface area contributed by atoms with E-state index in [1.807, 2.05) is 0 Å². The Kier molecular flexibility index (Phi) is 4.65. The molecule has 116 valence electrons. The summed E-state index contributed by atoms with van der Waals surface area (Å²) in [6, 6.07) is 2.50. The van der Waals surface area contributed by atoms with Crippen molar-refractivity contribution < 1.29 is 12.8 Å². The Bertz CT molecular complexity index is 647. The van der Waals surface area contributed by atoms with E-state index in [1.165, 1.54) is 16.4 Å². The highest BCUT2D eigenvalue weighted by atomic mass is 32.2. The van der Waals surface area contributed by atoms with Crippen LogP contribution in [0.25, 0.3) is 0 Å². The molecule has 0 amide bonds. The van der Waals surface area contributed by atoms with Crippen molar-refractivity contribution in [1.29, 1.82) is 0 Å². The van der Waals surface area contributed by atoms with E-state index >= 15 is 0 Å². The van der Waals surface area contributed by atoms with E-state index in [0.717, 1.165) is 12.8 Å². The van der Waals surface area contributed by atoms with Gasteiger partial charge in [0.15, 0.2) is 0 Å². The third-order valence-electron chi connectivity index (χ3n) is 3.52. The lowest BCUT2D eigenvalue weighted by atomic mass is 10.1. The summed E-state index contributed by atoms with van der Waals surface area (Å²) in [7, 11) is -3.66. The van der Waals surface area contributed by atoms with E-state index in [4.69, 9.17) is 18.0 Å². The highest BCUT2D eigenvalue weighted by Gasteiger charge is 2.39. The maximum absolute atomic E-state index is 13.4. The first kappa shape index (κ1) is 16.3. The van der Waals surface area contributed by atoms with Crippen molar-refractivity contribution in [1.82, 2.24) is 4.31 Å². The fraction of sp³-hybridized carbons (Fsp3) is 0.500. The summed E-state index contributed by atoms with van der Waals surface area (Å²) < 4.78 is 40.6. The minimum Gasteiger partial charge on any atom is -0.393 e. The van der Waals surface area contributed by atoms with Crippen molar-refractivity contribution in [3.8, 4) is 0 Å². The van der Waals surface area contributed by atoms with Gasteiger partial charge in [-0.25, -0.2) is 12.8 Å². The van der Waals surface area contributed by atoms with Crippen LogP contribution in [0.2, 0.25) is 0 Å². The van der Waals surface area contributed by atoms with Crippen molar-refractivity contribution >= 4 is 27.2 Å². The second-order valence-corrected chi connectivity index (χ2v) is 7.78. The minimum atomic E-state index is -3.66. The minimum absolute atomic E-state index is 0.00760. The summed E-state index contributed by atoms with van der Waals surface area (Å²) in [4.78, 5) is 0.488. The summed E-state index contributed by atoms with van der Waals surface area (Å²) in [6.07, 6.45) is 2.04. The van der Waals surface area contributed by atoms with Crippen LogP contribution in [0.3, 0.4) is 0 Å². The molecule has 2 N–H and O–H groups in total. The van der Waals surface area contributed by atoms with Gasteiger partial charge < -0.3 is 5.73 Å². The Morgan fingerprint density at radius 2 is 1.90 bits per heavy atom. The largest absolute Gasteiger partial charge is 0.393 e. The molecule has 7 heteroatoms. The first-order valence-electron chi connectivity index (χ1n) is 6.80. The zero-order chi connectivity index (χ0) is 15.8. The third-order valence-corrected chi connectivity index (χ3v) is 5.99. The molecule has 4 nitrogen and oxygen atoms in total. The van der Waals surface area contributed by atoms with Crippen LogP contribution < -0.4 is 5.73 Å². The fourth-order valence-electron chi connectivity index (χ4n) is 2.50. The fourth-order valence-corrected chi connectivity index (χ4v) is 4.70. The van der Waals surface area contributed by atoms with Crippen LogP contribution in [0.1, 0.15) is 30.4 Å². The molecule has 1 aliphatic rings. The van der Waals surface area contributed by atoms with Gasteiger partial charge in [-0.3, -0.25) is 0 Å². The monoisotopic (exact) mass is 330 g/mol. The average Bonchev–Trinajstić information content (AvgIpc) is 3.10. The number of thiocarbonyl (C=S) groups is 1. The molecule has 0 spiro atoms. The van der Waals surface area contributed by atoms with Crippen LogP contribution in [-0.2, 0) is 10.0 Å². The molecule has 1 aromatic carbocycles. The smallest absolute Gasteiger partial charge is 0.243 e. The van der Waals surface area contributed by atoms with Gasteiger partial charge in [-0.2, -0.15) is 4.31 Å². The number of sulfonamides is 1. The van der Waals surface area contributed by atoms with Crippen LogP contribution in [0.15, 0.2) is 17.0 Å². The Morgan fingerprint density at radius 1 is 1.38 bits per heavy atom. The van der Waals surface area contributed by atoms with E-state index in [9.17, 15) is 12.8 Å². The molecule has 0 saturated heterocycles. The highest BCUT2D eigenvalue weighted by molar-refractivity contribution is 7.89. The Balaban J connectivity index is 2.41. The van der Waals surface area contributed by atoms with Gasteiger partial charge in [0.25, 0.3) is 0 Å². The molecule has 2 rings (SSSR count). The zero-order valence-corrected chi connectivity index (χ0v) is 13.7. The molecule has 0 unspecified atom stereocenters. The van der Waals surface area contributed by atoms with Gasteiger partial charge in [0.1, 0.15) is 5.82 Å². The van der Waals surface area contributed by atoms with E-state index in [2.05, 4.69) is 0 Å². The maximum atomic E-state index is 13.4. The molecule has 0 heterocycles. The van der Waals surface area contributed by atoms with Gasteiger partial charge in [-0.15, -0.1) is 0 Å². The lowest BCUT2D eigenvalue weighted by Crippen LogP contribution is -2.36. The summed E-state index contributed by atoms with van der Waals surface area (Å²) in [6.45, 7) is 3.50. The first-order chi connectivity index (χ1) is 9.73. The quantitative estimate of drug-likeness (QED) is 0.813. The number of aryl methyl sites for hydroxylation is 2. The van der Waals surface area contributed by atoms with Crippen molar-refractivity contribution in [2.75, 3.05) is 6.54 Å². The van der Waals surface area contributed by atoms with Gasteiger partial charge in [-0.1, -0.05) is 12.2 Å². The zero-order valence-electron chi connectivity index (χ0n) is 12.1. The molecule has 1 aromatic rings. The number of nitrogens with zero attached hydrogens (tertiary/aromatic N) is 1. The summed E-state index contributed by atoms with van der Waals surface area (Å²) >= 11 is 4.84. The Hall–Kier alpha value is -1.05. The van der Waals surface area contributed by atoms with Crippen molar-refractivity contribution in [3.05, 3.63) is 29.1 Å². The predicted molar refractivity (Wildman–Crippen MR) is 84.2 cm³/mol. The first-order valence-corrected chi connectivity index (χ1v) is 8.65. The van der Waals surface area contributed by atoms with Gasteiger partial charge in [0.2, 0.25) is 10.0 Å². The lowest BCUT2D eigenvalue weighted by molar-refractivity contribution is 0.412. The van der Waals surface area contributed by atoms with Gasteiger partial charge in [0.05, 0.1) is 9.88 Å². The molecular weight excluding hydrogens is 311 g/mol. The van der Waals surface area contributed by atoms with Crippen LogP contribution >= 0.6 is 12.2 Å². The van der Waals surface area contributed by atoms with Gasteiger partial charge >= 0.3 is 0 Å². The molecule has 21 heavy (non-hydrogen) atoms. The Labute approximate surface area is 130 Å². The van der Waals surface area contributed by atoms with Crippen molar-refractivity contribution in [2.24, 2.45) is 5.73 Å². The number of rotatable bonds is 6. The number of hydrogen-bond donors (Lipinski definition) is 1. The van der Waals surface area contributed by atoms with Gasteiger partial charge in [-0.05, 0) is 49.9 Å². The van der Waals surface area contributed by atoms with Crippen LogP contribution in [-0.4, -0.2) is 30.3 Å². The topological polar surface area (TPSA) is 63.4 Å². The molecule has 0 bridgehead atoms.